The van der Waals surface area contributed by atoms with Crippen LogP contribution in [0.15, 0.2) is 24.3 Å². The second kappa shape index (κ2) is 11.3. The van der Waals surface area contributed by atoms with Crippen molar-refractivity contribution >= 4 is 48.2 Å². The van der Waals surface area contributed by atoms with E-state index in [1.807, 2.05) is 32.9 Å². The number of halogens is 2. The number of aryl methyl sites for hydroxylation is 1. The predicted octanol–water partition coefficient (Wildman–Crippen LogP) is 4.52. The molecular formula is C20H24Cl2N5O5PS. The molecule has 1 atom stereocenters. The number of hydrogen-bond donors (Lipinski definition) is 4. The number of rotatable bonds is 10. The van der Waals surface area contributed by atoms with Crippen LogP contribution in [0.1, 0.15) is 19.5 Å². The lowest BCUT2D eigenvalue weighted by molar-refractivity contribution is 0.166. The van der Waals surface area contributed by atoms with E-state index in [0.717, 1.165) is 22.1 Å². The third-order valence-corrected chi connectivity index (χ3v) is 6.27. The number of hydrogen-bond acceptors (Lipinski definition) is 9. The Balaban J connectivity index is 1.76. The molecule has 0 aliphatic carbocycles. The van der Waals surface area contributed by atoms with Gasteiger partial charge in [-0.25, -0.2) is 9.55 Å². The number of benzene rings is 1. The zero-order valence-corrected chi connectivity index (χ0v) is 21.8. The third kappa shape index (κ3) is 7.59. The molecule has 1 aromatic carbocycles. The van der Waals surface area contributed by atoms with Crippen LogP contribution in [-0.4, -0.2) is 50.3 Å². The number of ether oxygens (including phenoxy) is 1. The first kappa shape index (κ1) is 26.8. The maximum Gasteiger partial charge on any atom is 0.469 e. The molecule has 0 amide bonds. The van der Waals surface area contributed by atoms with E-state index >= 15 is 0 Å². The molecule has 0 radical (unpaired) electrons. The van der Waals surface area contributed by atoms with Crippen LogP contribution >= 0.6 is 42.4 Å². The lowest BCUT2D eigenvalue weighted by Crippen LogP contribution is -2.32. The molecule has 34 heavy (non-hydrogen) atoms. The predicted molar refractivity (Wildman–Crippen MR) is 134 cm³/mol. The maximum absolute atomic E-state index is 10.8. The van der Waals surface area contributed by atoms with E-state index in [1.54, 1.807) is 12.1 Å². The Labute approximate surface area is 210 Å². The molecule has 3 aromatic rings. The van der Waals surface area contributed by atoms with Gasteiger partial charge in [-0.2, -0.15) is 0 Å². The fourth-order valence-corrected chi connectivity index (χ4v) is 4.67. The van der Waals surface area contributed by atoms with E-state index < -0.39 is 20.5 Å². The van der Waals surface area contributed by atoms with E-state index in [1.165, 1.54) is 11.3 Å². The van der Waals surface area contributed by atoms with Crippen molar-refractivity contribution in [2.75, 3.05) is 18.5 Å². The molecular weight excluding hydrogens is 524 g/mol. The summed E-state index contributed by atoms with van der Waals surface area (Å²) in [5.41, 5.74) is 8.16. The highest BCUT2D eigenvalue weighted by Crippen LogP contribution is 2.40. The Morgan fingerprint density at radius 3 is 2.24 bits per heavy atom. The first-order valence-electron chi connectivity index (χ1n) is 10.1. The summed E-state index contributed by atoms with van der Waals surface area (Å²) in [7, 11) is -4.61. The topological polar surface area (TPSA) is 153 Å². The molecule has 0 bridgehead atoms. The molecule has 184 valence electrons. The van der Waals surface area contributed by atoms with Crippen LogP contribution in [0, 0.1) is 6.92 Å². The van der Waals surface area contributed by atoms with Gasteiger partial charge >= 0.3 is 7.82 Å². The third-order valence-electron chi connectivity index (χ3n) is 4.21. The molecule has 0 aliphatic heterocycles. The number of phosphoric acid groups is 1. The molecule has 0 saturated heterocycles. The van der Waals surface area contributed by atoms with Gasteiger partial charge in [-0.05, 0) is 45.0 Å². The molecule has 0 fully saturated rings. The Hall–Kier alpha value is -1.82. The van der Waals surface area contributed by atoms with Gasteiger partial charge in [-0.1, -0.05) is 34.5 Å². The van der Waals surface area contributed by atoms with E-state index in [0.29, 0.717) is 10.6 Å². The van der Waals surface area contributed by atoms with Gasteiger partial charge in [0.15, 0.2) is 5.75 Å². The van der Waals surface area contributed by atoms with Crippen LogP contribution < -0.4 is 15.8 Å². The molecule has 10 nitrogen and oxygen atoms in total. The van der Waals surface area contributed by atoms with Crippen molar-refractivity contribution in [1.29, 1.82) is 0 Å². The molecule has 5 N–H and O–H groups in total. The highest BCUT2D eigenvalue weighted by atomic mass is 35.5. The molecule has 2 heterocycles. The highest BCUT2D eigenvalue weighted by molar-refractivity contribution is 7.46. The summed E-state index contributed by atoms with van der Waals surface area (Å²) >= 11 is 14.1. The first-order chi connectivity index (χ1) is 15.9. The van der Waals surface area contributed by atoms with Gasteiger partial charge in [0.05, 0.1) is 22.7 Å². The van der Waals surface area contributed by atoms with E-state index in [4.69, 9.17) is 43.5 Å². The van der Waals surface area contributed by atoms with Crippen molar-refractivity contribution in [3.05, 3.63) is 40.0 Å². The molecule has 3 rings (SSSR count). The quantitative estimate of drug-likeness (QED) is 0.266. The minimum Gasteiger partial charge on any atom is -0.489 e. The molecule has 0 spiro atoms. The highest BCUT2D eigenvalue weighted by Gasteiger charge is 2.19. The maximum atomic E-state index is 10.8. The number of anilines is 1. The minimum atomic E-state index is -4.61. The van der Waals surface area contributed by atoms with Gasteiger partial charge in [0.2, 0.25) is 0 Å². The molecule has 0 saturated carbocycles. The largest absolute Gasteiger partial charge is 0.489 e. The van der Waals surface area contributed by atoms with Crippen LogP contribution in [0.4, 0.5) is 5.82 Å². The van der Waals surface area contributed by atoms with Gasteiger partial charge in [-0.3, -0.25) is 4.52 Å². The zero-order chi connectivity index (χ0) is 25.0. The SMILES string of the molecule is Cc1cc(-c2nnc(-c3cc(Cl)c(OC[C@H](N)COP(=O)(O)O)c(Cl)c3)s2)cc(NC(C)C)n1. The van der Waals surface area contributed by atoms with Gasteiger partial charge < -0.3 is 25.6 Å². The van der Waals surface area contributed by atoms with E-state index in [-0.39, 0.29) is 28.4 Å². The fourth-order valence-electron chi connectivity index (χ4n) is 2.87. The van der Waals surface area contributed by atoms with Crippen LogP contribution in [0.5, 0.6) is 5.75 Å². The molecule has 14 heteroatoms. The van der Waals surface area contributed by atoms with Crippen LogP contribution in [0.25, 0.3) is 21.1 Å². The lowest BCUT2D eigenvalue weighted by atomic mass is 10.2. The second-order valence-corrected chi connectivity index (χ2v) is 10.8. The Kier molecular flexibility index (Phi) is 8.88. The summed E-state index contributed by atoms with van der Waals surface area (Å²) in [4.78, 5) is 22.0. The van der Waals surface area contributed by atoms with Crippen molar-refractivity contribution in [3.63, 3.8) is 0 Å². The van der Waals surface area contributed by atoms with Gasteiger partial charge in [0.25, 0.3) is 0 Å². The van der Waals surface area contributed by atoms with Gasteiger partial charge in [0.1, 0.15) is 22.4 Å². The summed E-state index contributed by atoms with van der Waals surface area (Å²) in [5, 5.41) is 13.7. The van der Waals surface area contributed by atoms with Gasteiger partial charge in [-0.15, -0.1) is 10.2 Å². The average molecular weight is 548 g/mol. The van der Waals surface area contributed by atoms with Crippen LogP contribution in [-0.2, 0) is 9.09 Å². The lowest BCUT2D eigenvalue weighted by Gasteiger charge is -2.16. The van der Waals surface area contributed by atoms with Gasteiger partial charge in [0, 0.05) is 22.9 Å². The minimum absolute atomic E-state index is 0.115. The average Bonchev–Trinajstić information content (AvgIpc) is 3.20. The summed E-state index contributed by atoms with van der Waals surface area (Å²) in [6.07, 6.45) is 0. The number of pyridine rings is 1. The Bertz CT molecular complexity index is 1180. The Morgan fingerprint density at radius 2 is 1.68 bits per heavy atom. The number of nitrogens with zero attached hydrogens (tertiary/aromatic N) is 3. The summed E-state index contributed by atoms with van der Waals surface area (Å²) in [6, 6.07) is 6.59. The number of phosphoric ester groups is 1. The van der Waals surface area contributed by atoms with Crippen molar-refractivity contribution < 1.29 is 23.6 Å². The number of nitrogens with two attached hydrogens (primary N) is 1. The van der Waals surface area contributed by atoms with Crippen LogP contribution in [0.3, 0.4) is 0 Å². The van der Waals surface area contributed by atoms with Crippen molar-refractivity contribution in [1.82, 2.24) is 15.2 Å². The van der Waals surface area contributed by atoms with E-state index in [9.17, 15) is 4.57 Å². The summed E-state index contributed by atoms with van der Waals surface area (Å²) in [5.74, 6) is 0.955. The zero-order valence-electron chi connectivity index (χ0n) is 18.5. The Morgan fingerprint density at radius 1 is 1.09 bits per heavy atom. The fraction of sp³-hybridized carbons (Fsp3) is 0.350. The molecule has 0 aliphatic rings. The van der Waals surface area contributed by atoms with Crippen molar-refractivity contribution in [2.24, 2.45) is 5.73 Å². The second-order valence-electron chi connectivity index (χ2n) is 7.72. The smallest absolute Gasteiger partial charge is 0.469 e. The monoisotopic (exact) mass is 547 g/mol. The standard InChI is InChI=1S/C20H24Cl2N5O5PS/c1-10(2)24-17-7-12(4-11(3)25-17)19-26-27-20(34-19)13-5-15(21)18(16(22)6-13)31-8-14(23)9-32-33(28,29)30/h4-7,10,14H,8-9,23H2,1-3H3,(H,24,25)(H2,28,29,30)/t14-/m0/s1. The van der Waals surface area contributed by atoms with Crippen molar-refractivity contribution in [2.45, 2.75) is 32.9 Å². The summed E-state index contributed by atoms with van der Waals surface area (Å²) in [6.45, 7) is 5.48. The first-order valence-corrected chi connectivity index (χ1v) is 13.2. The number of nitrogens with one attached hydrogen (secondary N) is 1. The normalized spacial score (nSPS) is 12.7. The van der Waals surface area contributed by atoms with E-state index in [2.05, 4.69) is 25.0 Å². The van der Waals surface area contributed by atoms with Crippen molar-refractivity contribution in [3.8, 4) is 26.9 Å². The summed E-state index contributed by atoms with van der Waals surface area (Å²) < 4.78 is 20.7. The number of aromatic nitrogens is 3. The molecule has 0 unspecified atom stereocenters. The van der Waals surface area contributed by atoms with Crippen LogP contribution in [0.2, 0.25) is 10.0 Å². The molecule has 2 aromatic heterocycles.